The number of phenolic OH excluding ortho intramolecular Hbond substituents is 1. The Morgan fingerprint density at radius 3 is 2.55 bits per heavy atom. The fourth-order valence-corrected chi connectivity index (χ4v) is 5.54. The molecule has 0 bridgehead atoms. The van der Waals surface area contributed by atoms with Crippen LogP contribution >= 0.6 is 0 Å². The van der Waals surface area contributed by atoms with Gasteiger partial charge in [-0.05, 0) is 36.8 Å². The normalized spacial score (nSPS) is 24.3. The number of primary amides is 1. The molecule has 38 heavy (non-hydrogen) atoms. The van der Waals surface area contributed by atoms with E-state index in [-0.39, 0.29) is 36.3 Å². The number of phenols is 1. The molecule has 0 saturated heterocycles. The van der Waals surface area contributed by atoms with Crippen LogP contribution in [0.25, 0.3) is 5.76 Å². The van der Waals surface area contributed by atoms with Crippen molar-refractivity contribution >= 4 is 40.7 Å². The van der Waals surface area contributed by atoms with Crippen LogP contribution < -0.4 is 16.0 Å². The molecule has 3 unspecified atom stereocenters. The molecule has 12 heteroatoms. The molecule has 1 fully saturated rings. The highest BCUT2D eigenvalue weighted by atomic mass is 16.5. The lowest BCUT2D eigenvalue weighted by Crippen LogP contribution is -2.58. The standard InChI is InChI=1S/C26H29N3O9/c1-4-5-6-38-25(36)28-14-10-15(29(2)3)13-8-11-7-12-9-16(30)19(24(27)35)23(34)26(12,37)22(33)17(11)21(32)18(13)20(14)31/h4,10-12,31-32,34,37H,1,5-9H2,2-3H3,(H2,27,35)(H,28,36). The van der Waals surface area contributed by atoms with E-state index < -0.39 is 70.3 Å². The number of benzene rings is 1. The maximum Gasteiger partial charge on any atom is 0.411 e. The molecule has 202 valence electrons. The second kappa shape index (κ2) is 9.53. The minimum Gasteiger partial charge on any atom is -0.508 e. The summed E-state index contributed by atoms with van der Waals surface area (Å²) in [7, 11) is 3.43. The number of nitrogens with two attached hydrogens (primary N) is 1. The fourth-order valence-electron chi connectivity index (χ4n) is 5.54. The van der Waals surface area contributed by atoms with Gasteiger partial charge in [0.25, 0.3) is 5.91 Å². The Morgan fingerprint density at radius 2 is 1.95 bits per heavy atom. The number of nitrogens with zero attached hydrogens (tertiary/aromatic N) is 1. The number of rotatable bonds is 6. The summed E-state index contributed by atoms with van der Waals surface area (Å²) in [6.45, 7) is 3.60. The predicted molar refractivity (Wildman–Crippen MR) is 135 cm³/mol. The zero-order valence-electron chi connectivity index (χ0n) is 20.9. The van der Waals surface area contributed by atoms with Crippen molar-refractivity contribution in [1.29, 1.82) is 0 Å². The molecule has 1 aromatic carbocycles. The number of nitrogens with one attached hydrogen (secondary N) is 1. The van der Waals surface area contributed by atoms with E-state index in [2.05, 4.69) is 11.9 Å². The predicted octanol–water partition coefficient (Wildman–Crippen LogP) is 1.61. The summed E-state index contributed by atoms with van der Waals surface area (Å²) in [5, 5.41) is 46.8. The Kier molecular flexibility index (Phi) is 6.70. The molecule has 0 radical (unpaired) electrons. The van der Waals surface area contributed by atoms with E-state index in [0.717, 1.165) is 0 Å². The number of aromatic hydroxyl groups is 1. The second-order valence-corrected chi connectivity index (χ2v) is 9.78. The van der Waals surface area contributed by atoms with Crippen molar-refractivity contribution < 1.29 is 44.3 Å². The summed E-state index contributed by atoms with van der Waals surface area (Å²) in [6, 6.07) is 1.50. The summed E-state index contributed by atoms with van der Waals surface area (Å²) < 4.78 is 5.03. The minimum absolute atomic E-state index is 0.0200. The van der Waals surface area contributed by atoms with Crippen LogP contribution in [0.4, 0.5) is 16.2 Å². The van der Waals surface area contributed by atoms with E-state index in [1.807, 2.05) is 0 Å². The number of ketones is 2. The highest BCUT2D eigenvalue weighted by molar-refractivity contribution is 6.22. The molecular formula is C26H29N3O9. The third kappa shape index (κ3) is 3.97. The average molecular weight is 528 g/mol. The van der Waals surface area contributed by atoms with Gasteiger partial charge in [-0.1, -0.05) is 6.08 Å². The minimum atomic E-state index is -2.65. The van der Waals surface area contributed by atoms with Crippen LogP contribution in [-0.4, -0.2) is 70.3 Å². The fraction of sp³-hybridized carbons (Fsp3) is 0.385. The summed E-state index contributed by atoms with van der Waals surface area (Å²) in [5.41, 5.74) is 2.20. The SMILES string of the molecule is C=CCCOC(=O)Nc1cc(N(C)C)c2c(c1O)C(O)=C1C(=O)C3(O)C(O)=C(C(N)=O)C(=O)CC3CC1C2. The molecule has 3 aliphatic carbocycles. The van der Waals surface area contributed by atoms with Crippen molar-refractivity contribution in [2.75, 3.05) is 30.9 Å². The maximum absolute atomic E-state index is 13.6. The number of Topliss-reactive ketones (excluding diaryl/α,β-unsaturated/α-hetero) is 2. The molecule has 0 spiro atoms. The number of amides is 2. The maximum atomic E-state index is 13.6. The molecule has 1 aromatic rings. The first kappa shape index (κ1) is 26.7. The second-order valence-electron chi connectivity index (χ2n) is 9.78. The van der Waals surface area contributed by atoms with Gasteiger partial charge in [-0.15, -0.1) is 6.58 Å². The van der Waals surface area contributed by atoms with Crippen LogP contribution in [0.1, 0.15) is 30.4 Å². The van der Waals surface area contributed by atoms with Crippen LogP contribution in [0.15, 0.2) is 35.6 Å². The van der Waals surface area contributed by atoms with Crippen LogP contribution in [0.3, 0.4) is 0 Å². The van der Waals surface area contributed by atoms with Crippen LogP contribution in [0.2, 0.25) is 0 Å². The number of carbonyl (C=O) groups is 4. The molecular weight excluding hydrogens is 498 g/mol. The molecule has 4 rings (SSSR count). The zero-order valence-corrected chi connectivity index (χ0v) is 20.9. The zero-order chi connectivity index (χ0) is 28.1. The molecule has 2 amide bonds. The summed E-state index contributed by atoms with van der Waals surface area (Å²) >= 11 is 0. The van der Waals surface area contributed by atoms with Gasteiger partial charge >= 0.3 is 6.09 Å². The third-order valence-electron chi connectivity index (χ3n) is 7.31. The van der Waals surface area contributed by atoms with Crippen LogP contribution in [-0.2, 0) is 25.5 Å². The molecule has 0 aromatic heterocycles. The van der Waals surface area contributed by atoms with Gasteiger partial charge in [-0.3, -0.25) is 19.7 Å². The number of anilines is 2. The number of fused-ring (bicyclic) bond motifs is 3. The lowest BCUT2D eigenvalue weighted by molar-refractivity contribution is -0.147. The van der Waals surface area contributed by atoms with Gasteiger partial charge < -0.3 is 35.8 Å². The van der Waals surface area contributed by atoms with Gasteiger partial charge in [-0.2, -0.15) is 0 Å². The Morgan fingerprint density at radius 1 is 1.26 bits per heavy atom. The molecule has 0 aliphatic heterocycles. The number of aliphatic hydroxyl groups is 3. The molecule has 1 saturated carbocycles. The van der Waals surface area contributed by atoms with Crippen molar-refractivity contribution in [3.05, 3.63) is 46.8 Å². The molecule has 7 N–H and O–H groups in total. The molecule has 0 heterocycles. The van der Waals surface area contributed by atoms with E-state index in [4.69, 9.17) is 10.5 Å². The highest BCUT2D eigenvalue weighted by Crippen LogP contribution is 2.54. The number of hydrogen-bond donors (Lipinski definition) is 6. The van der Waals surface area contributed by atoms with E-state index in [1.165, 1.54) is 6.07 Å². The summed E-state index contributed by atoms with van der Waals surface area (Å²) in [4.78, 5) is 51.8. The lowest BCUT2D eigenvalue weighted by Gasteiger charge is -2.46. The van der Waals surface area contributed by atoms with E-state index in [1.54, 1.807) is 25.1 Å². The number of ether oxygens (including phenoxy) is 1. The largest absolute Gasteiger partial charge is 0.508 e. The van der Waals surface area contributed by atoms with Gasteiger partial charge in [0.1, 0.15) is 17.1 Å². The number of aliphatic hydroxyl groups excluding tert-OH is 2. The molecule has 12 nitrogen and oxygen atoms in total. The monoisotopic (exact) mass is 527 g/mol. The smallest absolute Gasteiger partial charge is 0.411 e. The lowest BCUT2D eigenvalue weighted by atomic mass is 9.59. The van der Waals surface area contributed by atoms with Crippen LogP contribution in [0.5, 0.6) is 5.75 Å². The van der Waals surface area contributed by atoms with Crippen LogP contribution in [0, 0.1) is 11.8 Å². The summed E-state index contributed by atoms with van der Waals surface area (Å²) in [5.74, 6) is -7.22. The van der Waals surface area contributed by atoms with Gasteiger partial charge in [0.05, 0.1) is 17.9 Å². The topological polar surface area (TPSA) is 200 Å². The van der Waals surface area contributed by atoms with Gasteiger partial charge in [-0.25, -0.2) is 4.79 Å². The third-order valence-corrected chi connectivity index (χ3v) is 7.31. The number of hydrogen-bond acceptors (Lipinski definition) is 10. The number of carbonyl (C=O) groups excluding carboxylic acids is 4. The van der Waals surface area contributed by atoms with Crippen molar-refractivity contribution in [2.45, 2.75) is 31.3 Å². The first-order valence-corrected chi connectivity index (χ1v) is 11.9. The first-order chi connectivity index (χ1) is 17.8. The highest BCUT2D eigenvalue weighted by Gasteiger charge is 2.60. The Bertz CT molecular complexity index is 1340. The van der Waals surface area contributed by atoms with Crippen molar-refractivity contribution in [3.63, 3.8) is 0 Å². The quantitative estimate of drug-likeness (QED) is 0.137. The van der Waals surface area contributed by atoms with E-state index >= 15 is 0 Å². The Balaban J connectivity index is 1.86. The average Bonchev–Trinajstić information content (AvgIpc) is 2.82. The van der Waals surface area contributed by atoms with E-state index in [0.29, 0.717) is 17.7 Å². The van der Waals surface area contributed by atoms with Gasteiger partial charge in [0.2, 0.25) is 5.78 Å². The molecule has 3 aliphatic rings. The van der Waals surface area contributed by atoms with Gasteiger partial charge in [0, 0.05) is 37.7 Å². The first-order valence-electron chi connectivity index (χ1n) is 11.9. The Labute approximate surface area is 217 Å². The van der Waals surface area contributed by atoms with Crippen molar-refractivity contribution in [1.82, 2.24) is 0 Å². The Hall–Kier alpha value is -4.32. The summed E-state index contributed by atoms with van der Waals surface area (Å²) in [6.07, 6.45) is 0.878. The van der Waals surface area contributed by atoms with Crippen molar-refractivity contribution in [3.8, 4) is 5.75 Å². The van der Waals surface area contributed by atoms with E-state index in [9.17, 15) is 39.6 Å². The molecule has 3 atom stereocenters. The van der Waals surface area contributed by atoms with Gasteiger partial charge in [0.15, 0.2) is 17.1 Å². The van der Waals surface area contributed by atoms with Crippen molar-refractivity contribution in [2.24, 2.45) is 17.6 Å².